The SMILES string of the molecule is CCOC(=O)CC[n+]1ccc(-c2cnc(C#N)cn2)cn1.[Br-]. The Balaban J connectivity index is 0.00000242. The van der Waals surface area contributed by atoms with Crippen molar-refractivity contribution in [3.8, 4) is 17.3 Å². The number of nitrogens with zero attached hydrogens (tertiary/aromatic N) is 5. The van der Waals surface area contributed by atoms with Crippen molar-refractivity contribution in [3.05, 3.63) is 36.5 Å². The number of esters is 1. The molecule has 0 aliphatic rings. The zero-order chi connectivity index (χ0) is 15.1. The Kier molecular flexibility index (Phi) is 7.05. The maximum absolute atomic E-state index is 11.3. The number of carbonyl (C=O) groups is 1. The molecule has 0 unspecified atom stereocenters. The molecule has 2 aromatic heterocycles. The van der Waals surface area contributed by atoms with Crippen LogP contribution in [-0.4, -0.2) is 27.6 Å². The van der Waals surface area contributed by atoms with Crippen molar-refractivity contribution in [2.75, 3.05) is 6.61 Å². The third-order valence-corrected chi connectivity index (χ3v) is 2.68. The van der Waals surface area contributed by atoms with E-state index in [4.69, 9.17) is 10.00 Å². The summed E-state index contributed by atoms with van der Waals surface area (Å²) in [6.45, 7) is 2.61. The fraction of sp³-hybridized carbons (Fsp3) is 0.286. The zero-order valence-electron chi connectivity index (χ0n) is 11.9. The maximum atomic E-state index is 11.3. The van der Waals surface area contributed by atoms with Crippen LogP contribution in [-0.2, 0) is 16.1 Å². The predicted molar refractivity (Wildman–Crippen MR) is 71.4 cm³/mol. The van der Waals surface area contributed by atoms with Crippen molar-refractivity contribution in [3.63, 3.8) is 0 Å². The highest BCUT2D eigenvalue weighted by Crippen LogP contribution is 2.12. The molecular weight excluding hydrogens is 350 g/mol. The highest BCUT2D eigenvalue weighted by molar-refractivity contribution is 5.68. The standard InChI is InChI=1S/C14H14N5O2.BrH/c1-2-21-14(20)4-6-19-5-3-11(8-18-19)13-10-16-12(7-15)9-17-13;/h3,5,8-10H,2,4,6H2,1H3;1H/q+1;/p-1. The highest BCUT2D eigenvalue weighted by atomic mass is 79.9. The summed E-state index contributed by atoms with van der Waals surface area (Å²) in [6.07, 6.45) is 6.62. The van der Waals surface area contributed by atoms with Crippen LogP contribution in [0.15, 0.2) is 30.9 Å². The quantitative estimate of drug-likeness (QED) is 0.436. The molecule has 0 atom stereocenters. The lowest BCUT2D eigenvalue weighted by atomic mass is 10.2. The number of rotatable bonds is 5. The molecule has 2 aromatic rings. The number of hydrogen-bond acceptors (Lipinski definition) is 6. The minimum atomic E-state index is -0.242. The van der Waals surface area contributed by atoms with Crippen LogP contribution >= 0.6 is 0 Å². The summed E-state index contributed by atoms with van der Waals surface area (Å²) in [5.74, 6) is -0.242. The Bertz CT molecular complexity index is 652. The van der Waals surface area contributed by atoms with Gasteiger partial charge in [0.15, 0.2) is 18.4 Å². The molecule has 114 valence electrons. The van der Waals surface area contributed by atoms with Crippen LogP contribution in [0.3, 0.4) is 0 Å². The van der Waals surface area contributed by atoms with Crippen molar-refractivity contribution in [1.29, 1.82) is 5.26 Å². The molecule has 7 nitrogen and oxygen atoms in total. The monoisotopic (exact) mass is 363 g/mol. The van der Waals surface area contributed by atoms with E-state index in [1.165, 1.54) is 12.4 Å². The summed E-state index contributed by atoms with van der Waals surface area (Å²) in [7, 11) is 0. The Morgan fingerprint density at radius 1 is 1.36 bits per heavy atom. The normalized spacial score (nSPS) is 9.45. The lowest BCUT2D eigenvalue weighted by Gasteiger charge is -2.00. The molecule has 0 aliphatic heterocycles. The van der Waals surface area contributed by atoms with Crippen molar-refractivity contribution in [2.24, 2.45) is 0 Å². The first-order chi connectivity index (χ1) is 10.2. The van der Waals surface area contributed by atoms with Crippen LogP contribution in [0.2, 0.25) is 0 Å². The second kappa shape index (κ2) is 8.79. The summed E-state index contributed by atoms with van der Waals surface area (Å²) in [4.78, 5) is 19.4. The van der Waals surface area contributed by atoms with Gasteiger partial charge < -0.3 is 21.7 Å². The molecule has 0 saturated carbocycles. The number of ether oxygens (including phenoxy) is 1. The summed E-state index contributed by atoms with van der Waals surface area (Å²) in [5, 5.41) is 12.9. The van der Waals surface area contributed by atoms with E-state index in [0.717, 1.165) is 5.56 Å². The molecule has 2 rings (SSSR count). The molecule has 0 amide bonds. The summed E-state index contributed by atoms with van der Waals surface area (Å²) >= 11 is 0. The Morgan fingerprint density at radius 2 is 2.18 bits per heavy atom. The third kappa shape index (κ3) is 4.86. The van der Waals surface area contributed by atoms with Gasteiger partial charge in [0.2, 0.25) is 0 Å². The van der Waals surface area contributed by atoms with Gasteiger partial charge in [-0.1, -0.05) is 4.68 Å². The van der Waals surface area contributed by atoms with Crippen LogP contribution in [0.25, 0.3) is 11.3 Å². The van der Waals surface area contributed by atoms with E-state index in [-0.39, 0.29) is 35.1 Å². The van der Waals surface area contributed by atoms with Gasteiger partial charge >= 0.3 is 5.97 Å². The number of halogens is 1. The minimum Gasteiger partial charge on any atom is -1.00 e. The Morgan fingerprint density at radius 3 is 2.73 bits per heavy atom. The van der Waals surface area contributed by atoms with E-state index in [1.807, 2.05) is 12.1 Å². The Hall–Kier alpha value is -2.40. The predicted octanol–water partition coefficient (Wildman–Crippen LogP) is -2.35. The van der Waals surface area contributed by atoms with Gasteiger partial charge in [0.1, 0.15) is 18.7 Å². The van der Waals surface area contributed by atoms with E-state index in [1.54, 1.807) is 24.0 Å². The van der Waals surface area contributed by atoms with Crippen molar-refractivity contribution in [2.45, 2.75) is 19.9 Å². The molecule has 0 bridgehead atoms. The van der Waals surface area contributed by atoms with Crippen LogP contribution in [0.5, 0.6) is 0 Å². The summed E-state index contributed by atoms with van der Waals surface area (Å²) < 4.78 is 6.50. The molecule has 0 spiro atoms. The smallest absolute Gasteiger partial charge is 0.312 e. The lowest BCUT2D eigenvalue weighted by Crippen LogP contribution is -3.00. The van der Waals surface area contributed by atoms with Gasteiger partial charge in [-0.2, -0.15) is 5.26 Å². The zero-order valence-corrected chi connectivity index (χ0v) is 13.5. The molecule has 0 fully saturated rings. The first-order valence-corrected chi connectivity index (χ1v) is 6.47. The van der Waals surface area contributed by atoms with E-state index >= 15 is 0 Å². The van der Waals surface area contributed by atoms with Crippen molar-refractivity contribution >= 4 is 5.97 Å². The average Bonchev–Trinajstić information content (AvgIpc) is 2.54. The first kappa shape index (κ1) is 17.7. The molecule has 0 N–H and O–H groups in total. The molecular formula is C14H14BrN5O2. The highest BCUT2D eigenvalue weighted by Gasteiger charge is 2.10. The van der Waals surface area contributed by atoms with E-state index < -0.39 is 0 Å². The fourth-order valence-electron chi connectivity index (χ4n) is 1.64. The van der Waals surface area contributed by atoms with Crippen molar-refractivity contribution in [1.82, 2.24) is 15.1 Å². The second-order valence-corrected chi connectivity index (χ2v) is 4.13. The third-order valence-electron chi connectivity index (χ3n) is 2.68. The molecule has 2 heterocycles. The largest absolute Gasteiger partial charge is 1.00 e. The second-order valence-electron chi connectivity index (χ2n) is 4.13. The molecule has 8 heteroatoms. The van der Waals surface area contributed by atoms with Gasteiger partial charge in [-0.05, 0) is 12.0 Å². The number of hydrogen-bond donors (Lipinski definition) is 0. The molecule has 0 saturated heterocycles. The number of aryl methyl sites for hydroxylation is 1. The molecule has 0 radical (unpaired) electrons. The van der Waals surface area contributed by atoms with Gasteiger partial charge in [0.05, 0.1) is 24.7 Å². The summed E-state index contributed by atoms with van der Waals surface area (Å²) in [5.41, 5.74) is 1.70. The van der Waals surface area contributed by atoms with E-state index in [9.17, 15) is 4.79 Å². The van der Waals surface area contributed by atoms with Crippen molar-refractivity contribution < 1.29 is 31.2 Å². The summed E-state index contributed by atoms with van der Waals surface area (Å²) in [6, 6.07) is 3.74. The number of aromatic nitrogens is 4. The fourth-order valence-corrected chi connectivity index (χ4v) is 1.64. The molecule has 0 aromatic carbocycles. The maximum Gasteiger partial charge on any atom is 0.312 e. The number of carbonyl (C=O) groups excluding carboxylic acids is 1. The average molecular weight is 364 g/mol. The van der Waals surface area contributed by atoms with Crippen LogP contribution in [0.4, 0.5) is 0 Å². The number of nitriles is 1. The lowest BCUT2D eigenvalue weighted by molar-refractivity contribution is -0.752. The van der Waals surface area contributed by atoms with Crippen LogP contribution < -0.4 is 21.7 Å². The van der Waals surface area contributed by atoms with Gasteiger partial charge in [0.25, 0.3) is 0 Å². The van der Waals surface area contributed by atoms with Gasteiger partial charge in [-0.15, -0.1) is 0 Å². The van der Waals surface area contributed by atoms with Gasteiger partial charge in [-0.25, -0.2) is 4.98 Å². The topological polar surface area (TPSA) is 92.6 Å². The minimum absolute atomic E-state index is 0. The first-order valence-electron chi connectivity index (χ1n) is 6.47. The van der Waals surface area contributed by atoms with Crippen LogP contribution in [0, 0.1) is 11.3 Å². The van der Waals surface area contributed by atoms with E-state index in [2.05, 4.69) is 15.1 Å². The molecule has 22 heavy (non-hydrogen) atoms. The Labute approximate surface area is 138 Å². The van der Waals surface area contributed by atoms with Gasteiger partial charge in [0, 0.05) is 11.6 Å². The van der Waals surface area contributed by atoms with E-state index in [0.29, 0.717) is 18.8 Å². The molecule has 0 aliphatic carbocycles. The van der Waals surface area contributed by atoms with Crippen LogP contribution in [0.1, 0.15) is 19.0 Å². The van der Waals surface area contributed by atoms with Gasteiger partial charge in [-0.3, -0.25) is 9.78 Å².